The summed E-state index contributed by atoms with van der Waals surface area (Å²) in [5, 5.41) is 4.23. The number of rotatable bonds is 8. The van der Waals surface area contributed by atoms with E-state index in [1.54, 1.807) is 0 Å². The lowest BCUT2D eigenvalue weighted by Crippen LogP contribution is -2.06. The molecule has 0 aliphatic carbocycles. The van der Waals surface area contributed by atoms with E-state index < -0.39 is 0 Å². The van der Waals surface area contributed by atoms with Gasteiger partial charge in [0.15, 0.2) is 0 Å². The number of hydrogen-bond donors (Lipinski definition) is 1. The second-order valence-electron chi connectivity index (χ2n) is 7.44. The van der Waals surface area contributed by atoms with Gasteiger partial charge in [0.1, 0.15) is 5.75 Å². The highest BCUT2D eigenvalue weighted by molar-refractivity contribution is 6.30. The van der Waals surface area contributed by atoms with E-state index in [1.807, 2.05) is 36.4 Å². The summed E-state index contributed by atoms with van der Waals surface area (Å²) in [5.74, 6) is 1.70. The van der Waals surface area contributed by atoms with Crippen molar-refractivity contribution < 1.29 is 4.74 Å². The third kappa shape index (κ3) is 4.60. The minimum absolute atomic E-state index is 0.664. The van der Waals surface area contributed by atoms with E-state index in [1.165, 1.54) is 5.56 Å². The molecule has 0 fully saturated rings. The van der Waals surface area contributed by atoms with Gasteiger partial charge in [-0.3, -0.25) is 4.57 Å². The summed E-state index contributed by atoms with van der Waals surface area (Å²) in [6.07, 6.45) is 2.19. The van der Waals surface area contributed by atoms with Crippen LogP contribution in [0.2, 0.25) is 5.02 Å². The molecule has 0 saturated heterocycles. The Balaban J connectivity index is 1.65. The zero-order valence-electron chi connectivity index (χ0n) is 17.4. The molecule has 0 radical (unpaired) electrons. The molecule has 0 unspecified atom stereocenters. The van der Waals surface area contributed by atoms with Crippen molar-refractivity contribution in [2.75, 3.05) is 11.9 Å². The summed E-state index contributed by atoms with van der Waals surface area (Å²) in [6.45, 7) is 5.67. The van der Waals surface area contributed by atoms with Gasteiger partial charge in [0.25, 0.3) is 0 Å². The minimum Gasteiger partial charge on any atom is -0.494 e. The second-order valence-corrected chi connectivity index (χ2v) is 7.88. The lowest BCUT2D eigenvalue weighted by Gasteiger charge is -2.12. The molecule has 4 aromatic rings. The molecule has 0 atom stereocenters. The number of fused-ring (bicyclic) bond motifs is 1. The van der Waals surface area contributed by atoms with E-state index in [4.69, 9.17) is 21.3 Å². The van der Waals surface area contributed by atoms with Crippen LogP contribution in [0, 0.1) is 6.92 Å². The fraction of sp³-hybridized carbons (Fsp3) is 0.240. The zero-order valence-corrected chi connectivity index (χ0v) is 18.1. The van der Waals surface area contributed by atoms with Crippen molar-refractivity contribution in [1.82, 2.24) is 9.55 Å². The molecule has 0 spiro atoms. The van der Waals surface area contributed by atoms with E-state index >= 15 is 0 Å². The molecule has 0 saturated carbocycles. The van der Waals surface area contributed by atoms with E-state index in [9.17, 15) is 0 Å². The standard InChI is InChI=1S/C25H26ClN3O/c1-3-4-15-30-22-12-10-21(11-13-22)29-24-16-18(2)5-14-23(24)28-25(29)27-17-19-6-8-20(26)9-7-19/h5-14,16H,3-4,15,17H2,1-2H3,(H,27,28). The van der Waals surface area contributed by atoms with Crippen LogP contribution in [0.3, 0.4) is 0 Å². The monoisotopic (exact) mass is 419 g/mol. The fourth-order valence-electron chi connectivity index (χ4n) is 3.37. The molecule has 0 aliphatic heterocycles. The lowest BCUT2D eigenvalue weighted by atomic mass is 10.2. The number of benzene rings is 3. The van der Waals surface area contributed by atoms with Crippen molar-refractivity contribution in [1.29, 1.82) is 0 Å². The van der Waals surface area contributed by atoms with Crippen LogP contribution in [-0.4, -0.2) is 16.2 Å². The average molecular weight is 420 g/mol. The van der Waals surface area contributed by atoms with Gasteiger partial charge in [-0.05, 0) is 73.0 Å². The molecule has 3 aromatic carbocycles. The number of imidazole rings is 1. The van der Waals surface area contributed by atoms with Crippen molar-refractivity contribution in [3.63, 3.8) is 0 Å². The van der Waals surface area contributed by atoms with E-state index in [-0.39, 0.29) is 0 Å². The van der Waals surface area contributed by atoms with Gasteiger partial charge in [0.2, 0.25) is 5.95 Å². The van der Waals surface area contributed by atoms with Crippen LogP contribution in [0.15, 0.2) is 66.7 Å². The first-order valence-electron chi connectivity index (χ1n) is 10.3. The van der Waals surface area contributed by atoms with Crippen LogP contribution in [-0.2, 0) is 6.54 Å². The second kappa shape index (κ2) is 9.23. The highest BCUT2D eigenvalue weighted by Crippen LogP contribution is 2.27. The van der Waals surface area contributed by atoms with E-state index in [2.05, 4.69) is 54.1 Å². The summed E-state index contributed by atoms with van der Waals surface area (Å²) in [7, 11) is 0. The Morgan fingerprint density at radius 3 is 2.50 bits per heavy atom. The van der Waals surface area contributed by atoms with Crippen LogP contribution in [0.4, 0.5) is 5.95 Å². The molecule has 0 aliphatic rings. The summed E-state index contributed by atoms with van der Waals surface area (Å²) in [5.41, 5.74) is 5.43. The highest BCUT2D eigenvalue weighted by atomic mass is 35.5. The predicted octanol–water partition coefficient (Wildman–Crippen LogP) is 6.78. The fourth-order valence-corrected chi connectivity index (χ4v) is 3.50. The molecule has 30 heavy (non-hydrogen) atoms. The topological polar surface area (TPSA) is 39.1 Å². The van der Waals surface area contributed by atoms with Gasteiger partial charge in [-0.1, -0.05) is 43.1 Å². The number of hydrogen-bond acceptors (Lipinski definition) is 3. The third-order valence-electron chi connectivity index (χ3n) is 5.04. The Morgan fingerprint density at radius 2 is 1.77 bits per heavy atom. The van der Waals surface area contributed by atoms with Gasteiger partial charge >= 0.3 is 0 Å². The molecular weight excluding hydrogens is 394 g/mol. The minimum atomic E-state index is 0.664. The van der Waals surface area contributed by atoms with Crippen LogP contribution < -0.4 is 10.1 Å². The first kappa shape index (κ1) is 20.3. The number of halogens is 1. The molecule has 4 nitrogen and oxygen atoms in total. The van der Waals surface area contributed by atoms with Gasteiger partial charge in [-0.15, -0.1) is 0 Å². The van der Waals surface area contributed by atoms with Crippen molar-refractivity contribution in [2.45, 2.75) is 33.2 Å². The number of nitrogens with one attached hydrogen (secondary N) is 1. The summed E-state index contributed by atoms with van der Waals surface area (Å²) in [4.78, 5) is 4.84. The Bertz CT molecular complexity index is 1120. The number of ether oxygens (including phenoxy) is 1. The summed E-state index contributed by atoms with van der Waals surface area (Å²) in [6, 6.07) is 22.4. The number of unbranched alkanes of at least 4 members (excludes halogenated alkanes) is 1. The molecule has 4 rings (SSSR count). The number of aryl methyl sites for hydroxylation is 1. The van der Waals surface area contributed by atoms with Crippen LogP contribution in [0.1, 0.15) is 30.9 Å². The molecule has 5 heteroatoms. The quantitative estimate of drug-likeness (QED) is 0.320. The Labute approximate surface area is 182 Å². The molecular formula is C25H26ClN3O. The number of nitrogens with zero attached hydrogens (tertiary/aromatic N) is 2. The Morgan fingerprint density at radius 1 is 1.00 bits per heavy atom. The molecule has 0 amide bonds. The first-order chi connectivity index (χ1) is 14.6. The largest absolute Gasteiger partial charge is 0.494 e. The van der Waals surface area contributed by atoms with Crippen molar-refractivity contribution in [3.05, 3.63) is 82.9 Å². The highest BCUT2D eigenvalue weighted by Gasteiger charge is 2.13. The van der Waals surface area contributed by atoms with Gasteiger partial charge < -0.3 is 10.1 Å². The predicted molar refractivity (Wildman–Crippen MR) is 125 cm³/mol. The van der Waals surface area contributed by atoms with Crippen molar-refractivity contribution in [3.8, 4) is 11.4 Å². The van der Waals surface area contributed by atoms with Gasteiger partial charge in [-0.2, -0.15) is 0 Å². The molecule has 1 N–H and O–H groups in total. The van der Waals surface area contributed by atoms with Crippen LogP contribution in [0.25, 0.3) is 16.7 Å². The maximum Gasteiger partial charge on any atom is 0.208 e. The van der Waals surface area contributed by atoms with Gasteiger partial charge in [-0.25, -0.2) is 4.98 Å². The summed E-state index contributed by atoms with van der Waals surface area (Å²) < 4.78 is 7.98. The van der Waals surface area contributed by atoms with E-state index in [0.29, 0.717) is 6.54 Å². The molecule has 154 valence electrons. The number of aromatic nitrogens is 2. The zero-order chi connectivity index (χ0) is 20.9. The SMILES string of the molecule is CCCCOc1ccc(-n2c(NCc3ccc(Cl)cc3)nc3ccc(C)cc32)cc1. The first-order valence-corrected chi connectivity index (χ1v) is 10.7. The van der Waals surface area contributed by atoms with Crippen molar-refractivity contribution >= 4 is 28.6 Å². The average Bonchev–Trinajstić information content (AvgIpc) is 3.11. The molecule has 0 bridgehead atoms. The molecule has 1 heterocycles. The smallest absolute Gasteiger partial charge is 0.208 e. The Kier molecular flexibility index (Phi) is 6.24. The third-order valence-corrected chi connectivity index (χ3v) is 5.29. The maximum absolute atomic E-state index is 6.01. The van der Waals surface area contributed by atoms with Crippen molar-refractivity contribution in [2.24, 2.45) is 0 Å². The van der Waals surface area contributed by atoms with Gasteiger partial charge in [0.05, 0.1) is 17.6 Å². The lowest BCUT2D eigenvalue weighted by molar-refractivity contribution is 0.309. The Hall–Kier alpha value is -2.98. The molecule has 1 aromatic heterocycles. The van der Waals surface area contributed by atoms with E-state index in [0.717, 1.165) is 58.5 Å². The number of anilines is 1. The van der Waals surface area contributed by atoms with Crippen LogP contribution >= 0.6 is 11.6 Å². The van der Waals surface area contributed by atoms with Crippen LogP contribution in [0.5, 0.6) is 5.75 Å². The normalized spacial score (nSPS) is 11.0. The summed E-state index contributed by atoms with van der Waals surface area (Å²) >= 11 is 6.01. The maximum atomic E-state index is 6.01. The van der Waals surface area contributed by atoms with Gasteiger partial charge in [0, 0.05) is 17.3 Å².